The summed E-state index contributed by atoms with van der Waals surface area (Å²) in [6.45, 7) is 14.8. The van der Waals surface area contributed by atoms with Crippen molar-refractivity contribution in [3.8, 4) is 0 Å². The maximum absolute atomic E-state index is 11.8. The zero-order valence-corrected chi connectivity index (χ0v) is 14.0. The molecule has 4 nitrogen and oxygen atoms in total. The molecule has 1 rings (SSSR count). The van der Waals surface area contributed by atoms with Crippen LogP contribution in [-0.2, 0) is 19.0 Å². The van der Waals surface area contributed by atoms with Gasteiger partial charge in [-0.25, -0.2) is 0 Å². The predicted molar refractivity (Wildman–Crippen MR) is 78.3 cm³/mol. The van der Waals surface area contributed by atoms with Crippen LogP contribution >= 0.6 is 0 Å². The standard InChI is InChI=1S/C16H30O4/c1-8-12-10-19-16(6,7)20-13(12)11(2)9-18-14(17)15(3,4)5/h11-13H,8-10H2,1-7H3/t11-,12-,13-/m0/s1. The molecule has 4 heteroatoms. The van der Waals surface area contributed by atoms with Gasteiger partial charge in [0.15, 0.2) is 5.79 Å². The zero-order valence-electron chi connectivity index (χ0n) is 14.0. The number of hydrogen-bond donors (Lipinski definition) is 0. The highest BCUT2D eigenvalue weighted by molar-refractivity contribution is 5.75. The monoisotopic (exact) mass is 286 g/mol. The molecule has 0 N–H and O–H groups in total. The van der Waals surface area contributed by atoms with Crippen molar-refractivity contribution in [1.29, 1.82) is 0 Å². The summed E-state index contributed by atoms with van der Waals surface area (Å²) in [6.07, 6.45) is 1.06. The quantitative estimate of drug-likeness (QED) is 0.743. The molecule has 1 fully saturated rings. The maximum atomic E-state index is 11.8. The molecule has 0 bridgehead atoms. The molecule has 118 valence electrons. The molecule has 1 saturated heterocycles. The summed E-state index contributed by atoms with van der Waals surface area (Å²) in [5.41, 5.74) is -0.459. The number of carbonyl (C=O) groups is 1. The molecular formula is C16H30O4. The van der Waals surface area contributed by atoms with Crippen LogP contribution in [-0.4, -0.2) is 31.1 Å². The zero-order chi connectivity index (χ0) is 15.6. The van der Waals surface area contributed by atoms with Gasteiger partial charge in [-0.15, -0.1) is 0 Å². The molecule has 0 spiro atoms. The van der Waals surface area contributed by atoms with Crippen LogP contribution in [0.2, 0.25) is 0 Å². The van der Waals surface area contributed by atoms with Gasteiger partial charge in [0.2, 0.25) is 0 Å². The summed E-state index contributed by atoms with van der Waals surface area (Å²) in [5, 5.41) is 0. The van der Waals surface area contributed by atoms with E-state index < -0.39 is 11.2 Å². The summed E-state index contributed by atoms with van der Waals surface area (Å²) in [7, 11) is 0. The third-order valence-corrected chi connectivity index (χ3v) is 3.70. The minimum atomic E-state index is -0.557. The molecule has 0 aromatic carbocycles. The first-order valence-corrected chi connectivity index (χ1v) is 7.56. The molecule has 0 radical (unpaired) electrons. The molecule has 0 aromatic heterocycles. The number of hydrogen-bond acceptors (Lipinski definition) is 4. The van der Waals surface area contributed by atoms with Gasteiger partial charge in [-0.1, -0.05) is 13.8 Å². The van der Waals surface area contributed by atoms with Crippen LogP contribution in [0.3, 0.4) is 0 Å². The van der Waals surface area contributed by atoms with Gasteiger partial charge in [0, 0.05) is 11.8 Å². The Bertz CT molecular complexity index is 330. The third kappa shape index (κ3) is 4.74. The average Bonchev–Trinajstić information content (AvgIpc) is 2.33. The van der Waals surface area contributed by atoms with Crippen LogP contribution < -0.4 is 0 Å². The SMILES string of the molecule is CC[C@H]1COC(C)(C)O[C@H]1[C@@H](C)COC(=O)C(C)(C)C. The van der Waals surface area contributed by atoms with Crippen molar-refractivity contribution in [2.45, 2.75) is 66.8 Å². The van der Waals surface area contributed by atoms with Crippen LogP contribution in [0.25, 0.3) is 0 Å². The maximum Gasteiger partial charge on any atom is 0.311 e. The Kier molecular flexibility index (Phi) is 5.61. The molecule has 1 aliphatic rings. The fourth-order valence-corrected chi connectivity index (χ4v) is 2.31. The lowest BCUT2D eigenvalue weighted by Crippen LogP contribution is -2.49. The first kappa shape index (κ1) is 17.4. The van der Waals surface area contributed by atoms with Gasteiger partial charge in [-0.2, -0.15) is 0 Å². The molecule has 1 aliphatic heterocycles. The van der Waals surface area contributed by atoms with Crippen LogP contribution in [0, 0.1) is 17.3 Å². The predicted octanol–water partition coefficient (Wildman–Crippen LogP) is 3.39. The highest BCUT2D eigenvalue weighted by Crippen LogP contribution is 2.32. The van der Waals surface area contributed by atoms with E-state index in [0.29, 0.717) is 19.1 Å². The van der Waals surface area contributed by atoms with Crippen molar-refractivity contribution in [1.82, 2.24) is 0 Å². The van der Waals surface area contributed by atoms with Gasteiger partial charge < -0.3 is 14.2 Å². The first-order chi connectivity index (χ1) is 9.07. The second-order valence-corrected chi connectivity index (χ2v) is 7.29. The van der Waals surface area contributed by atoms with E-state index in [1.165, 1.54) is 0 Å². The second-order valence-electron chi connectivity index (χ2n) is 7.29. The molecule has 0 saturated carbocycles. The van der Waals surface area contributed by atoms with Gasteiger partial charge in [0.05, 0.1) is 24.7 Å². The topological polar surface area (TPSA) is 44.8 Å². The summed E-state index contributed by atoms with van der Waals surface area (Å²) >= 11 is 0. The second kappa shape index (κ2) is 6.44. The van der Waals surface area contributed by atoms with Gasteiger partial charge in [-0.3, -0.25) is 4.79 Å². The van der Waals surface area contributed by atoms with Crippen molar-refractivity contribution in [2.75, 3.05) is 13.2 Å². The Morgan fingerprint density at radius 2 is 2.00 bits per heavy atom. The van der Waals surface area contributed by atoms with E-state index in [4.69, 9.17) is 14.2 Å². The molecule has 1 heterocycles. The van der Waals surface area contributed by atoms with Crippen molar-refractivity contribution in [3.63, 3.8) is 0 Å². The molecule has 0 aliphatic carbocycles. The molecule has 0 aromatic rings. The van der Waals surface area contributed by atoms with E-state index in [9.17, 15) is 4.79 Å². The van der Waals surface area contributed by atoms with E-state index in [1.807, 2.05) is 34.6 Å². The van der Waals surface area contributed by atoms with Crippen molar-refractivity contribution >= 4 is 5.97 Å². The van der Waals surface area contributed by atoms with Crippen molar-refractivity contribution < 1.29 is 19.0 Å². The van der Waals surface area contributed by atoms with Crippen molar-refractivity contribution in [2.24, 2.45) is 17.3 Å². The Labute approximate surface area is 123 Å². The number of rotatable bonds is 4. The summed E-state index contributed by atoms with van der Waals surface area (Å²) in [5.74, 6) is -0.206. The van der Waals surface area contributed by atoms with E-state index in [-0.39, 0.29) is 18.0 Å². The van der Waals surface area contributed by atoms with Crippen LogP contribution in [0.15, 0.2) is 0 Å². The lowest BCUT2D eigenvalue weighted by atomic mass is 9.89. The number of carbonyl (C=O) groups excluding carboxylic acids is 1. The smallest absolute Gasteiger partial charge is 0.311 e. The summed E-state index contributed by atoms with van der Waals surface area (Å²) in [4.78, 5) is 11.8. The Hall–Kier alpha value is -0.610. The fourth-order valence-electron chi connectivity index (χ4n) is 2.31. The van der Waals surface area contributed by atoms with E-state index >= 15 is 0 Å². The van der Waals surface area contributed by atoms with Gasteiger partial charge in [-0.05, 0) is 41.0 Å². The molecule has 3 atom stereocenters. The molecule has 0 amide bonds. The van der Waals surface area contributed by atoms with Crippen LogP contribution in [0.1, 0.15) is 54.9 Å². The largest absolute Gasteiger partial charge is 0.465 e. The molecular weight excluding hydrogens is 256 g/mol. The van der Waals surface area contributed by atoms with E-state index in [1.54, 1.807) is 0 Å². The normalized spacial score (nSPS) is 27.9. The Morgan fingerprint density at radius 1 is 1.40 bits per heavy atom. The highest BCUT2D eigenvalue weighted by Gasteiger charge is 2.39. The number of esters is 1. The summed E-state index contributed by atoms with van der Waals surface area (Å²) in [6, 6.07) is 0. The lowest BCUT2D eigenvalue weighted by Gasteiger charge is -2.43. The third-order valence-electron chi connectivity index (χ3n) is 3.70. The molecule has 20 heavy (non-hydrogen) atoms. The Morgan fingerprint density at radius 3 is 2.50 bits per heavy atom. The van der Waals surface area contributed by atoms with Gasteiger partial charge in [0.25, 0.3) is 0 Å². The highest BCUT2D eigenvalue weighted by atomic mass is 16.7. The lowest BCUT2D eigenvalue weighted by molar-refractivity contribution is -0.303. The fraction of sp³-hybridized carbons (Fsp3) is 0.938. The minimum absolute atomic E-state index is 0.0662. The Balaban J connectivity index is 2.59. The van der Waals surface area contributed by atoms with Gasteiger partial charge in [0.1, 0.15) is 0 Å². The van der Waals surface area contributed by atoms with Crippen molar-refractivity contribution in [3.05, 3.63) is 0 Å². The minimum Gasteiger partial charge on any atom is -0.465 e. The number of ether oxygens (including phenoxy) is 3. The first-order valence-electron chi connectivity index (χ1n) is 7.56. The molecule has 0 unspecified atom stereocenters. The summed E-state index contributed by atoms with van der Waals surface area (Å²) < 4.78 is 17.2. The van der Waals surface area contributed by atoms with Crippen LogP contribution in [0.5, 0.6) is 0 Å². The van der Waals surface area contributed by atoms with E-state index in [2.05, 4.69) is 13.8 Å². The van der Waals surface area contributed by atoms with E-state index in [0.717, 1.165) is 6.42 Å². The van der Waals surface area contributed by atoms with Gasteiger partial charge >= 0.3 is 5.97 Å². The van der Waals surface area contributed by atoms with Crippen LogP contribution in [0.4, 0.5) is 0 Å². The average molecular weight is 286 g/mol.